The van der Waals surface area contributed by atoms with Gasteiger partial charge >= 0.3 is 0 Å². The topological polar surface area (TPSA) is 12.0 Å². The summed E-state index contributed by atoms with van der Waals surface area (Å²) in [5, 5.41) is 3.53. The van der Waals surface area contributed by atoms with Crippen LogP contribution in [0.1, 0.15) is 31.7 Å². The number of halogens is 1. The minimum absolute atomic E-state index is 0.0717. The van der Waals surface area contributed by atoms with Gasteiger partial charge in [0.05, 0.1) is 0 Å². The van der Waals surface area contributed by atoms with Gasteiger partial charge in [-0.05, 0) is 37.8 Å². The molecule has 1 saturated heterocycles. The fourth-order valence-corrected chi connectivity index (χ4v) is 2.33. The highest BCUT2D eigenvalue weighted by atomic mass is 19.1. The third-order valence-electron chi connectivity index (χ3n) is 3.13. The summed E-state index contributed by atoms with van der Waals surface area (Å²) >= 11 is 0. The summed E-state index contributed by atoms with van der Waals surface area (Å²) in [5.74, 6) is -0.0717. The lowest BCUT2D eigenvalue weighted by atomic mass is 9.94. The molecule has 2 unspecified atom stereocenters. The molecule has 0 bridgehead atoms. The van der Waals surface area contributed by atoms with Crippen molar-refractivity contribution in [3.8, 4) is 0 Å². The summed E-state index contributed by atoms with van der Waals surface area (Å²) < 4.78 is 13.4. The highest BCUT2D eigenvalue weighted by molar-refractivity contribution is 5.18. The average Bonchev–Trinajstić information content (AvgIpc) is 2.22. The maximum absolute atomic E-state index is 13.4. The molecule has 1 fully saturated rings. The third kappa shape index (κ3) is 2.78. The van der Waals surface area contributed by atoms with Gasteiger partial charge in [0.2, 0.25) is 0 Å². The number of nitrogens with one attached hydrogen (secondary N) is 1. The van der Waals surface area contributed by atoms with E-state index in [0.29, 0.717) is 12.1 Å². The van der Waals surface area contributed by atoms with Crippen molar-refractivity contribution < 1.29 is 4.39 Å². The molecular weight excluding hydrogens is 189 g/mol. The Balaban J connectivity index is 1.99. The molecule has 1 aliphatic rings. The van der Waals surface area contributed by atoms with Crippen LogP contribution in [-0.4, -0.2) is 12.1 Å². The van der Waals surface area contributed by atoms with E-state index >= 15 is 0 Å². The van der Waals surface area contributed by atoms with Gasteiger partial charge in [0.25, 0.3) is 0 Å². The minimum Gasteiger partial charge on any atom is -0.311 e. The largest absolute Gasteiger partial charge is 0.311 e. The predicted octanol–water partition coefficient (Wildman–Crippen LogP) is 2.90. The molecule has 15 heavy (non-hydrogen) atoms. The third-order valence-corrected chi connectivity index (χ3v) is 3.13. The van der Waals surface area contributed by atoms with E-state index in [1.165, 1.54) is 19.3 Å². The Labute approximate surface area is 90.7 Å². The van der Waals surface area contributed by atoms with E-state index in [2.05, 4.69) is 12.2 Å². The van der Waals surface area contributed by atoms with Gasteiger partial charge in [0, 0.05) is 12.1 Å². The van der Waals surface area contributed by atoms with Crippen molar-refractivity contribution in [2.45, 2.75) is 44.7 Å². The van der Waals surface area contributed by atoms with E-state index in [-0.39, 0.29) is 5.82 Å². The highest BCUT2D eigenvalue weighted by Crippen LogP contribution is 2.17. The highest BCUT2D eigenvalue weighted by Gasteiger charge is 2.18. The van der Waals surface area contributed by atoms with Gasteiger partial charge in [0.15, 0.2) is 0 Å². The first-order chi connectivity index (χ1) is 7.25. The fraction of sp³-hybridized carbons (Fsp3) is 0.538. The normalized spacial score (nSPS) is 26.5. The first-order valence-electron chi connectivity index (χ1n) is 5.75. The van der Waals surface area contributed by atoms with Crippen molar-refractivity contribution in [3.63, 3.8) is 0 Å². The molecular formula is C13H18FN. The van der Waals surface area contributed by atoms with E-state index in [1.807, 2.05) is 12.1 Å². The van der Waals surface area contributed by atoms with E-state index < -0.39 is 0 Å². The van der Waals surface area contributed by atoms with Crippen LogP contribution in [-0.2, 0) is 6.42 Å². The summed E-state index contributed by atoms with van der Waals surface area (Å²) in [4.78, 5) is 0. The first-order valence-corrected chi connectivity index (χ1v) is 5.75. The number of rotatable bonds is 2. The van der Waals surface area contributed by atoms with Gasteiger partial charge in [-0.1, -0.05) is 24.6 Å². The van der Waals surface area contributed by atoms with Crippen LogP contribution < -0.4 is 5.32 Å². The summed E-state index contributed by atoms with van der Waals surface area (Å²) in [6, 6.07) is 8.11. The van der Waals surface area contributed by atoms with Crippen LogP contribution in [0.3, 0.4) is 0 Å². The smallest absolute Gasteiger partial charge is 0.126 e. The van der Waals surface area contributed by atoms with Gasteiger partial charge in [-0.15, -0.1) is 0 Å². The van der Waals surface area contributed by atoms with E-state index in [0.717, 1.165) is 12.0 Å². The second kappa shape index (κ2) is 4.75. The second-order valence-corrected chi connectivity index (χ2v) is 4.49. The second-order valence-electron chi connectivity index (χ2n) is 4.49. The molecule has 2 heteroatoms. The fourth-order valence-electron chi connectivity index (χ4n) is 2.33. The molecule has 0 aliphatic carbocycles. The van der Waals surface area contributed by atoms with Crippen LogP contribution in [0, 0.1) is 5.82 Å². The summed E-state index contributed by atoms with van der Waals surface area (Å²) in [7, 11) is 0. The maximum Gasteiger partial charge on any atom is 0.126 e. The van der Waals surface area contributed by atoms with Crippen LogP contribution in [0.25, 0.3) is 0 Å². The van der Waals surface area contributed by atoms with Crippen LogP contribution in [0.2, 0.25) is 0 Å². The minimum atomic E-state index is -0.0717. The van der Waals surface area contributed by atoms with Crippen LogP contribution in [0.5, 0.6) is 0 Å². The number of benzene rings is 1. The van der Waals surface area contributed by atoms with Gasteiger partial charge < -0.3 is 5.32 Å². The van der Waals surface area contributed by atoms with E-state index in [9.17, 15) is 4.39 Å². The Morgan fingerprint density at radius 3 is 2.87 bits per heavy atom. The molecule has 2 rings (SSSR count). The SMILES string of the molecule is CC1CCCC(Cc2ccccc2F)N1. The molecule has 0 radical (unpaired) electrons. The van der Waals surface area contributed by atoms with Crippen LogP contribution in [0.15, 0.2) is 24.3 Å². The zero-order valence-corrected chi connectivity index (χ0v) is 9.17. The molecule has 2 atom stereocenters. The van der Waals surface area contributed by atoms with Gasteiger partial charge in [-0.3, -0.25) is 0 Å². The lowest BCUT2D eigenvalue weighted by Gasteiger charge is -2.28. The molecule has 1 aromatic carbocycles. The quantitative estimate of drug-likeness (QED) is 0.786. The molecule has 82 valence electrons. The Kier molecular flexibility index (Phi) is 3.37. The Morgan fingerprint density at radius 2 is 2.13 bits per heavy atom. The predicted molar refractivity (Wildman–Crippen MR) is 60.3 cm³/mol. The van der Waals surface area contributed by atoms with Gasteiger partial charge in [-0.25, -0.2) is 4.39 Å². The number of piperidine rings is 1. The zero-order valence-electron chi connectivity index (χ0n) is 9.17. The standard InChI is InChI=1S/C13H18FN/c1-10-5-4-7-12(15-10)9-11-6-2-3-8-13(11)14/h2-3,6,8,10,12,15H,4-5,7,9H2,1H3. The molecule has 1 aromatic rings. The first kappa shape index (κ1) is 10.6. The van der Waals surface area contributed by atoms with E-state index in [4.69, 9.17) is 0 Å². The van der Waals surface area contributed by atoms with Crippen LogP contribution in [0.4, 0.5) is 4.39 Å². The van der Waals surface area contributed by atoms with Crippen molar-refractivity contribution in [2.24, 2.45) is 0 Å². The van der Waals surface area contributed by atoms with Crippen molar-refractivity contribution in [1.29, 1.82) is 0 Å². The summed E-state index contributed by atoms with van der Waals surface area (Å²) in [6.45, 7) is 2.20. The molecule has 1 aliphatic heterocycles. The molecule has 1 N–H and O–H groups in total. The summed E-state index contributed by atoms with van der Waals surface area (Å²) in [5.41, 5.74) is 0.837. The molecule has 1 heterocycles. The van der Waals surface area contributed by atoms with Crippen molar-refractivity contribution in [2.75, 3.05) is 0 Å². The monoisotopic (exact) mass is 207 g/mol. The molecule has 0 aromatic heterocycles. The van der Waals surface area contributed by atoms with E-state index in [1.54, 1.807) is 12.1 Å². The average molecular weight is 207 g/mol. The zero-order chi connectivity index (χ0) is 10.7. The van der Waals surface area contributed by atoms with Gasteiger partial charge in [-0.2, -0.15) is 0 Å². The molecule has 1 nitrogen and oxygen atoms in total. The lowest BCUT2D eigenvalue weighted by Crippen LogP contribution is -2.41. The van der Waals surface area contributed by atoms with Gasteiger partial charge in [0.1, 0.15) is 5.82 Å². The molecule has 0 saturated carbocycles. The molecule has 0 spiro atoms. The number of hydrogen-bond donors (Lipinski definition) is 1. The molecule has 0 amide bonds. The Hall–Kier alpha value is -0.890. The maximum atomic E-state index is 13.4. The van der Waals surface area contributed by atoms with Crippen molar-refractivity contribution >= 4 is 0 Å². The van der Waals surface area contributed by atoms with Crippen LogP contribution >= 0.6 is 0 Å². The Morgan fingerprint density at radius 1 is 1.33 bits per heavy atom. The Bertz CT molecular complexity index is 324. The summed E-state index contributed by atoms with van der Waals surface area (Å²) in [6.07, 6.45) is 4.48. The number of hydrogen-bond acceptors (Lipinski definition) is 1. The lowest BCUT2D eigenvalue weighted by molar-refractivity contribution is 0.331. The van der Waals surface area contributed by atoms with Crippen molar-refractivity contribution in [3.05, 3.63) is 35.6 Å². The van der Waals surface area contributed by atoms with Crippen molar-refractivity contribution in [1.82, 2.24) is 5.32 Å².